The molecule has 0 aromatic heterocycles. The van der Waals surface area contributed by atoms with Crippen molar-refractivity contribution in [1.29, 1.82) is 0 Å². The minimum Gasteiger partial charge on any atom is -0.371 e. The van der Waals surface area contributed by atoms with Gasteiger partial charge >= 0.3 is 0 Å². The van der Waals surface area contributed by atoms with Crippen molar-refractivity contribution >= 4 is 23.2 Å². The summed E-state index contributed by atoms with van der Waals surface area (Å²) in [6.07, 6.45) is 5.43. The van der Waals surface area contributed by atoms with Gasteiger partial charge in [0, 0.05) is 30.4 Å². The summed E-state index contributed by atoms with van der Waals surface area (Å²) >= 11 is 0. The van der Waals surface area contributed by atoms with Crippen molar-refractivity contribution < 1.29 is 9.59 Å². The Morgan fingerprint density at radius 1 is 1.00 bits per heavy atom. The normalized spacial score (nSPS) is 17.5. The summed E-state index contributed by atoms with van der Waals surface area (Å²) in [7, 11) is 0. The zero-order valence-electron chi connectivity index (χ0n) is 17.0. The minimum absolute atomic E-state index is 0.0553. The molecule has 2 aromatic rings. The number of rotatable bonds is 6. The van der Waals surface area contributed by atoms with Crippen molar-refractivity contribution in [1.82, 2.24) is 5.32 Å². The summed E-state index contributed by atoms with van der Waals surface area (Å²) < 4.78 is 0. The van der Waals surface area contributed by atoms with E-state index in [2.05, 4.69) is 15.5 Å². The lowest BCUT2D eigenvalue weighted by atomic mass is 10.0. The van der Waals surface area contributed by atoms with Gasteiger partial charge in [-0.15, -0.1) is 0 Å². The fraction of sp³-hybridized carbons (Fsp3) is 0.417. The maximum absolute atomic E-state index is 13.2. The van der Waals surface area contributed by atoms with E-state index < -0.39 is 0 Å². The monoisotopic (exact) mass is 391 g/mol. The summed E-state index contributed by atoms with van der Waals surface area (Å²) in [5, 5.41) is 6.11. The van der Waals surface area contributed by atoms with Crippen LogP contribution in [0, 0.1) is 5.92 Å². The molecule has 1 saturated carbocycles. The Labute approximate surface area is 172 Å². The molecule has 1 saturated heterocycles. The average Bonchev–Trinajstić information content (AvgIpc) is 3.60. The Balaban J connectivity index is 1.58. The van der Waals surface area contributed by atoms with Crippen molar-refractivity contribution in [2.75, 3.05) is 23.3 Å². The van der Waals surface area contributed by atoms with Crippen LogP contribution in [0.25, 0.3) is 0 Å². The summed E-state index contributed by atoms with van der Waals surface area (Å²) in [5.74, 6) is 0.0799. The van der Waals surface area contributed by atoms with E-state index in [-0.39, 0.29) is 23.8 Å². The number of anilines is 2. The maximum atomic E-state index is 13.2. The van der Waals surface area contributed by atoms with Crippen LogP contribution in [-0.4, -0.2) is 24.9 Å². The van der Waals surface area contributed by atoms with Crippen molar-refractivity contribution in [3.8, 4) is 0 Å². The van der Waals surface area contributed by atoms with E-state index in [9.17, 15) is 9.59 Å². The lowest BCUT2D eigenvalue weighted by molar-refractivity contribution is -0.117. The van der Waals surface area contributed by atoms with Crippen LogP contribution in [0.2, 0.25) is 0 Å². The van der Waals surface area contributed by atoms with Gasteiger partial charge in [0.25, 0.3) is 5.91 Å². The van der Waals surface area contributed by atoms with E-state index >= 15 is 0 Å². The largest absolute Gasteiger partial charge is 0.371 e. The first-order valence-corrected chi connectivity index (χ1v) is 10.7. The highest BCUT2D eigenvalue weighted by atomic mass is 16.2. The molecular formula is C24H29N3O2. The van der Waals surface area contributed by atoms with Gasteiger partial charge in [0.1, 0.15) is 0 Å². The molecule has 29 heavy (non-hydrogen) atoms. The van der Waals surface area contributed by atoms with Gasteiger partial charge < -0.3 is 15.5 Å². The van der Waals surface area contributed by atoms with Gasteiger partial charge in [-0.25, -0.2) is 0 Å². The van der Waals surface area contributed by atoms with Crippen LogP contribution in [0.1, 0.15) is 61.0 Å². The molecule has 2 N–H and O–H groups in total. The van der Waals surface area contributed by atoms with Gasteiger partial charge in [-0.3, -0.25) is 9.59 Å². The zero-order valence-corrected chi connectivity index (χ0v) is 17.0. The van der Waals surface area contributed by atoms with E-state index in [0.29, 0.717) is 11.3 Å². The molecule has 2 fully saturated rings. The van der Waals surface area contributed by atoms with Crippen molar-refractivity contribution in [3.05, 3.63) is 59.7 Å². The molecule has 1 atom stereocenters. The lowest BCUT2D eigenvalue weighted by Crippen LogP contribution is -2.33. The van der Waals surface area contributed by atoms with Gasteiger partial charge in [0.05, 0.1) is 11.6 Å². The Bertz CT molecular complexity index is 871. The van der Waals surface area contributed by atoms with Crippen LogP contribution < -0.4 is 15.5 Å². The molecule has 1 heterocycles. The Hall–Kier alpha value is -2.82. The molecule has 0 radical (unpaired) electrons. The van der Waals surface area contributed by atoms with E-state index in [0.717, 1.165) is 50.0 Å². The number of amides is 2. The average molecular weight is 392 g/mol. The molecule has 0 spiro atoms. The molecule has 0 unspecified atom stereocenters. The summed E-state index contributed by atoms with van der Waals surface area (Å²) in [6, 6.07) is 15.6. The Morgan fingerprint density at radius 2 is 1.72 bits per heavy atom. The predicted octanol–water partition coefficient (Wildman–Crippen LogP) is 4.52. The molecule has 2 amide bonds. The molecular weight excluding hydrogens is 362 g/mol. The number of hydrogen-bond donors (Lipinski definition) is 2. The first-order valence-electron chi connectivity index (χ1n) is 10.7. The zero-order chi connectivity index (χ0) is 20.2. The number of nitrogens with zero attached hydrogens (tertiary/aromatic N) is 1. The highest BCUT2D eigenvalue weighted by Crippen LogP contribution is 2.32. The van der Waals surface area contributed by atoms with Gasteiger partial charge in [0.2, 0.25) is 5.91 Å². The van der Waals surface area contributed by atoms with E-state index in [4.69, 9.17) is 0 Å². The molecule has 2 aromatic carbocycles. The van der Waals surface area contributed by atoms with Crippen LogP contribution in [0.15, 0.2) is 48.5 Å². The minimum atomic E-state index is -0.107. The van der Waals surface area contributed by atoms with Crippen molar-refractivity contribution in [2.45, 2.75) is 45.1 Å². The quantitative estimate of drug-likeness (QED) is 0.761. The molecule has 5 nitrogen and oxygen atoms in total. The highest BCUT2D eigenvalue weighted by molar-refractivity contribution is 6.02. The summed E-state index contributed by atoms with van der Waals surface area (Å²) in [4.78, 5) is 27.7. The third kappa shape index (κ3) is 4.78. The fourth-order valence-electron chi connectivity index (χ4n) is 3.90. The predicted molar refractivity (Wildman–Crippen MR) is 116 cm³/mol. The van der Waals surface area contributed by atoms with Crippen molar-refractivity contribution in [2.24, 2.45) is 5.92 Å². The van der Waals surface area contributed by atoms with Gasteiger partial charge in [-0.2, -0.15) is 0 Å². The van der Waals surface area contributed by atoms with Gasteiger partial charge in [-0.05, 0) is 62.8 Å². The van der Waals surface area contributed by atoms with Crippen LogP contribution in [0.4, 0.5) is 11.4 Å². The third-order valence-corrected chi connectivity index (χ3v) is 5.80. The number of carbonyl (C=O) groups is 2. The number of benzene rings is 2. The second-order valence-corrected chi connectivity index (χ2v) is 8.15. The molecule has 4 rings (SSSR count). The first kappa shape index (κ1) is 19.5. The van der Waals surface area contributed by atoms with Gasteiger partial charge in [0.15, 0.2) is 0 Å². The van der Waals surface area contributed by atoms with Crippen LogP contribution in [-0.2, 0) is 4.79 Å². The smallest absolute Gasteiger partial charge is 0.253 e. The van der Waals surface area contributed by atoms with Crippen molar-refractivity contribution in [3.63, 3.8) is 0 Å². The number of nitrogens with one attached hydrogen (secondary N) is 2. The second-order valence-electron chi connectivity index (χ2n) is 8.15. The Kier molecular flexibility index (Phi) is 5.84. The van der Waals surface area contributed by atoms with Gasteiger partial charge in [-0.1, -0.05) is 30.3 Å². The summed E-state index contributed by atoms with van der Waals surface area (Å²) in [5.41, 5.74) is 3.34. The third-order valence-electron chi connectivity index (χ3n) is 5.80. The molecule has 152 valence electrons. The van der Waals surface area contributed by atoms with Crippen LogP contribution >= 0.6 is 0 Å². The fourth-order valence-corrected chi connectivity index (χ4v) is 3.90. The Morgan fingerprint density at radius 3 is 2.41 bits per heavy atom. The standard InChI is InChI=1S/C24H29N3O2/c1-17(18-8-4-2-5-9-18)25-24(29)21-16-20(26-23(28)19-10-11-19)12-13-22(21)27-14-6-3-7-15-27/h2,4-5,8-9,12-13,16-17,19H,3,6-7,10-11,14-15H2,1H3,(H,25,29)(H,26,28)/t17-/m1/s1. The van der Waals surface area contributed by atoms with Crippen LogP contribution in [0.3, 0.4) is 0 Å². The number of piperidine rings is 1. The molecule has 0 bridgehead atoms. The molecule has 2 aliphatic rings. The van der Waals surface area contributed by atoms with Crippen LogP contribution in [0.5, 0.6) is 0 Å². The van der Waals surface area contributed by atoms with E-state index in [1.54, 1.807) is 0 Å². The second kappa shape index (κ2) is 8.68. The SMILES string of the molecule is C[C@@H](NC(=O)c1cc(NC(=O)C2CC2)ccc1N1CCCCC1)c1ccccc1. The van der Waals surface area contributed by atoms with E-state index in [1.165, 1.54) is 6.42 Å². The molecule has 1 aliphatic heterocycles. The lowest BCUT2D eigenvalue weighted by Gasteiger charge is -2.31. The topological polar surface area (TPSA) is 61.4 Å². The first-order chi connectivity index (χ1) is 14.1. The maximum Gasteiger partial charge on any atom is 0.253 e. The number of hydrogen-bond acceptors (Lipinski definition) is 3. The molecule has 1 aliphatic carbocycles. The number of carbonyl (C=O) groups excluding carboxylic acids is 2. The summed E-state index contributed by atoms with van der Waals surface area (Å²) in [6.45, 7) is 3.91. The highest BCUT2D eigenvalue weighted by Gasteiger charge is 2.30. The molecule has 5 heteroatoms. The van der Waals surface area contributed by atoms with E-state index in [1.807, 2.05) is 55.5 Å².